The highest BCUT2D eigenvalue weighted by atomic mass is 15.0. The molecular weight excluding hydrogens is 597 g/mol. The number of benzene rings is 7. The summed E-state index contributed by atoms with van der Waals surface area (Å²) >= 11 is 0. The highest BCUT2D eigenvalue weighted by Crippen LogP contribution is 2.38. The number of hydrogen-bond donors (Lipinski definition) is 0. The van der Waals surface area contributed by atoms with Gasteiger partial charge in [-0.05, 0) is 46.5 Å². The van der Waals surface area contributed by atoms with Crippen molar-refractivity contribution >= 4 is 21.8 Å². The molecule has 0 saturated carbocycles. The summed E-state index contributed by atoms with van der Waals surface area (Å²) in [6, 6.07) is 36.4. The van der Waals surface area contributed by atoms with Crippen molar-refractivity contribution in [2.45, 2.75) is 0 Å². The zero-order valence-corrected chi connectivity index (χ0v) is 25.9. The Morgan fingerprint density at radius 3 is 1.51 bits per heavy atom. The Balaban J connectivity index is 1.15. The maximum atomic E-state index is 9.01. The van der Waals surface area contributed by atoms with Crippen LogP contribution in [0.5, 0.6) is 0 Å². The van der Waals surface area contributed by atoms with E-state index in [1.165, 1.54) is 0 Å². The second kappa shape index (κ2) is 12.2. The van der Waals surface area contributed by atoms with E-state index in [0.29, 0.717) is 34.1 Å². The van der Waals surface area contributed by atoms with Gasteiger partial charge in [0.15, 0.2) is 17.5 Å². The first-order chi connectivity index (χ1) is 28.0. The molecule has 2 heterocycles. The zero-order chi connectivity index (χ0) is 40.4. The standard InChI is InChI=1S/C45H30N4/c1-4-13-33(14-5-1)38-20-12-22-41-42(38)39-19-10-11-21-40(39)49(41)37-29-27-32(28-30-37)31-23-25-36(26-24-31)45-47-43(34-15-6-2-7-16-34)46-44(48-45)35-17-8-3-9-18-35/h1-30H/i1D,4D,5D,10D,11D,13D,14D,19D,21D. The predicted octanol–water partition coefficient (Wildman–Crippen LogP) is 11.3. The molecule has 230 valence electrons. The fraction of sp³-hybridized carbons (Fsp3) is 0. The first kappa shape index (κ1) is 20.6. The van der Waals surface area contributed by atoms with Crippen LogP contribution in [0, 0.1) is 0 Å². The second-order valence-electron chi connectivity index (χ2n) is 11.4. The first-order valence-corrected chi connectivity index (χ1v) is 15.7. The van der Waals surface area contributed by atoms with Crippen LogP contribution in [0.1, 0.15) is 12.3 Å². The number of fused-ring (bicyclic) bond motifs is 3. The summed E-state index contributed by atoms with van der Waals surface area (Å²) < 4.78 is 79.0. The van der Waals surface area contributed by atoms with Gasteiger partial charge in [-0.25, -0.2) is 15.0 Å². The normalized spacial score (nSPS) is 13.8. The average molecular weight is 636 g/mol. The quantitative estimate of drug-likeness (QED) is 0.183. The number of aromatic nitrogens is 4. The molecule has 0 amide bonds. The monoisotopic (exact) mass is 635 g/mol. The summed E-state index contributed by atoms with van der Waals surface area (Å²) in [6.07, 6.45) is 0. The Morgan fingerprint density at radius 2 is 0.898 bits per heavy atom. The predicted molar refractivity (Wildman–Crippen MR) is 201 cm³/mol. The van der Waals surface area contributed by atoms with Crippen molar-refractivity contribution in [3.05, 3.63) is 182 Å². The maximum Gasteiger partial charge on any atom is 0.164 e. The second-order valence-corrected chi connectivity index (χ2v) is 11.4. The molecule has 0 fully saturated rings. The number of para-hydroxylation sites is 1. The van der Waals surface area contributed by atoms with Gasteiger partial charge in [0.1, 0.15) is 0 Å². The van der Waals surface area contributed by atoms with Crippen molar-refractivity contribution < 1.29 is 12.3 Å². The third-order valence-electron chi connectivity index (χ3n) is 8.50. The zero-order valence-electron chi connectivity index (χ0n) is 34.9. The minimum absolute atomic E-state index is 0.0494. The van der Waals surface area contributed by atoms with E-state index in [1.54, 1.807) is 22.8 Å². The number of nitrogens with zero attached hydrogens (tertiary/aromatic N) is 4. The minimum Gasteiger partial charge on any atom is -0.309 e. The van der Waals surface area contributed by atoms with Crippen LogP contribution in [0.15, 0.2) is 182 Å². The Bertz CT molecular complexity index is 2990. The summed E-state index contributed by atoms with van der Waals surface area (Å²) in [5.41, 5.74) is 5.91. The molecule has 0 bridgehead atoms. The van der Waals surface area contributed by atoms with E-state index in [4.69, 9.17) is 27.3 Å². The number of hydrogen-bond acceptors (Lipinski definition) is 3. The highest BCUT2D eigenvalue weighted by Gasteiger charge is 2.16. The molecule has 7 aromatic carbocycles. The highest BCUT2D eigenvalue weighted by molar-refractivity contribution is 6.15. The van der Waals surface area contributed by atoms with E-state index >= 15 is 0 Å². The molecule has 2 aromatic heterocycles. The Kier molecular flexibility index (Phi) is 5.11. The first-order valence-electron chi connectivity index (χ1n) is 20.2. The SMILES string of the molecule is [2H]c1c([2H])c([2H])c(-c2cccc3c2c2c([2H])c([2H])c([2H])c([2H])c2n3-c2ccc(-c3ccc(-c4nc(-c5ccccc5)nc(-c5ccccc5)n4)cc3)cc2)c([2H])c1[2H]. The van der Waals surface area contributed by atoms with Crippen LogP contribution < -0.4 is 0 Å². The molecule has 9 aromatic rings. The van der Waals surface area contributed by atoms with E-state index < -0.39 is 42.3 Å². The van der Waals surface area contributed by atoms with Crippen molar-refractivity contribution in [1.82, 2.24) is 19.5 Å². The van der Waals surface area contributed by atoms with Crippen molar-refractivity contribution in [2.24, 2.45) is 0 Å². The van der Waals surface area contributed by atoms with E-state index in [2.05, 4.69) is 0 Å². The lowest BCUT2D eigenvalue weighted by Crippen LogP contribution is -2.00. The molecule has 0 aliphatic rings. The summed E-state index contributed by atoms with van der Waals surface area (Å²) in [4.78, 5) is 14.5. The maximum absolute atomic E-state index is 9.01. The van der Waals surface area contributed by atoms with Gasteiger partial charge in [-0.15, -0.1) is 0 Å². The van der Waals surface area contributed by atoms with Crippen LogP contribution in [-0.4, -0.2) is 19.5 Å². The molecule has 9 rings (SSSR count). The molecule has 4 heteroatoms. The van der Waals surface area contributed by atoms with Gasteiger partial charge in [0.25, 0.3) is 0 Å². The molecular formula is C45H30N4. The molecule has 0 saturated heterocycles. The fourth-order valence-corrected chi connectivity index (χ4v) is 6.18. The third-order valence-corrected chi connectivity index (χ3v) is 8.50. The van der Waals surface area contributed by atoms with Crippen LogP contribution in [-0.2, 0) is 0 Å². The average Bonchev–Trinajstić information content (AvgIpc) is 3.63. The van der Waals surface area contributed by atoms with Crippen LogP contribution in [0.25, 0.3) is 83.9 Å². The molecule has 49 heavy (non-hydrogen) atoms. The molecule has 4 nitrogen and oxygen atoms in total. The number of rotatable bonds is 6. The topological polar surface area (TPSA) is 43.6 Å². The lowest BCUT2D eigenvalue weighted by Gasteiger charge is -2.11. The molecule has 0 unspecified atom stereocenters. The van der Waals surface area contributed by atoms with Gasteiger partial charge in [0, 0.05) is 33.2 Å². The Labute approximate surface area is 297 Å². The lowest BCUT2D eigenvalue weighted by atomic mass is 9.99. The summed E-state index contributed by atoms with van der Waals surface area (Å²) in [7, 11) is 0. The summed E-state index contributed by atoms with van der Waals surface area (Å²) in [6.45, 7) is 0. The lowest BCUT2D eigenvalue weighted by molar-refractivity contribution is 1.07. The van der Waals surface area contributed by atoms with Crippen molar-refractivity contribution in [2.75, 3.05) is 0 Å². The van der Waals surface area contributed by atoms with E-state index in [9.17, 15) is 0 Å². The van der Waals surface area contributed by atoms with Crippen molar-refractivity contribution in [3.8, 4) is 62.1 Å². The van der Waals surface area contributed by atoms with Gasteiger partial charge in [-0.1, -0.05) is 158 Å². The van der Waals surface area contributed by atoms with Gasteiger partial charge in [0.2, 0.25) is 0 Å². The van der Waals surface area contributed by atoms with Gasteiger partial charge in [-0.3, -0.25) is 0 Å². The molecule has 0 aliphatic carbocycles. The minimum atomic E-state index is -0.523. The Morgan fingerprint density at radius 1 is 0.388 bits per heavy atom. The molecule has 0 aliphatic heterocycles. The van der Waals surface area contributed by atoms with Gasteiger partial charge >= 0.3 is 0 Å². The third kappa shape index (κ3) is 5.26. The van der Waals surface area contributed by atoms with Crippen LogP contribution >= 0.6 is 0 Å². The van der Waals surface area contributed by atoms with Gasteiger partial charge < -0.3 is 4.57 Å². The van der Waals surface area contributed by atoms with Gasteiger partial charge in [0.05, 0.1) is 23.4 Å². The smallest absolute Gasteiger partial charge is 0.164 e. The summed E-state index contributed by atoms with van der Waals surface area (Å²) in [5, 5.41) is 0.541. The van der Waals surface area contributed by atoms with E-state index in [0.717, 1.165) is 27.8 Å². The van der Waals surface area contributed by atoms with E-state index in [1.807, 2.05) is 109 Å². The molecule has 0 radical (unpaired) electrons. The molecule has 0 N–H and O–H groups in total. The molecule has 0 spiro atoms. The van der Waals surface area contributed by atoms with Crippen LogP contribution in [0.4, 0.5) is 0 Å². The largest absolute Gasteiger partial charge is 0.309 e. The Hall–Kier alpha value is -6.65. The van der Waals surface area contributed by atoms with Crippen LogP contribution in [0.3, 0.4) is 0 Å². The fourth-order valence-electron chi connectivity index (χ4n) is 6.18. The van der Waals surface area contributed by atoms with Crippen molar-refractivity contribution in [1.29, 1.82) is 0 Å². The van der Waals surface area contributed by atoms with Gasteiger partial charge in [-0.2, -0.15) is 0 Å². The van der Waals surface area contributed by atoms with Crippen LogP contribution in [0.2, 0.25) is 0 Å². The van der Waals surface area contributed by atoms with E-state index in [-0.39, 0.29) is 34.1 Å². The molecule has 0 atom stereocenters. The van der Waals surface area contributed by atoms with Crippen molar-refractivity contribution in [3.63, 3.8) is 0 Å². The summed E-state index contributed by atoms with van der Waals surface area (Å²) in [5.74, 6) is 1.67.